The van der Waals surface area contributed by atoms with Gasteiger partial charge in [0, 0.05) is 44.6 Å². The van der Waals surface area contributed by atoms with E-state index in [1.165, 1.54) is 0 Å². The van der Waals surface area contributed by atoms with Crippen molar-refractivity contribution in [2.45, 2.75) is 13.5 Å². The van der Waals surface area contributed by atoms with E-state index in [4.69, 9.17) is 14.2 Å². The Balaban J connectivity index is 1.29. The quantitative estimate of drug-likeness (QED) is 0.381. The fourth-order valence-corrected chi connectivity index (χ4v) is 3.77. The van der Waals surface area contributed by atoms with Gasteiger partial charge in [0.05, 0.1) is 12.2 Å². The lowest BCUT2D eigenvalue weighted by molar-refractivity contribution is -0.112. The number of esters is 1. The van der Waals surface area contributed by atoms with Gasteiger partial charge in [-0.1, -0.05) is 6.07 Å². The summed E-state index contributed by atoms with van der Waals surface area (Å²) in [5.41, 5.74) is 2.07. The summed E-state index contributed by atoms with van der Waals surface area (Å²) in [5, 5.41) is 12.2. The monoisotopic (exact) mass is 462 g/mol. The van der Waals surface area contributed by atoms with Crippen LogP contribution in [0.25, 0.3) is 0 Å². The van der Waals surface area contributed by atoms with Crippen molar-refractivity contribution in [2.75, 3.05) is 44.9 Å². The van der Waals surface area contributed by atoms with Crippen molar-refractivity contribution in [3.05, 3.63) is 65.4 Å². The van der Waals surface area contributed by atoms with Gasteiger partial charge in [-0.3, -0.25) is 9.69 Å². The summed E-state index contributed by atoms with van der Waals surface area (Å²) in [5.74, 6) is 0.639. The topological polar surface area (TPSA) is 104 Å². The SMILES string of the molecule is CCOC(=O)c1ccc(NC(=O)/C(C#N)=C\N2CCN(Cc3ccc4c(c3)OCO4)CC2)cc1. The molecule has 2 aromatic carbocycles. The van der Waals surface area contributed by atoms with Gasteiger partial charge in [-0.15, -0.1) is 0 Å². The first kappa shape index (κ1) is 23.1. The van der Waals surface area contributed by atoms with Crippen LogP contribution in [0.5, 0.6) is 11.5 Å². The minimum atomic E-state index is -0.492. The highest BCUT2D eigenvalue weighted by atomic mass is 16.7. The summed E-state index contributed by atoms with van der Waals surface area (Å²) in [6.45, 7) is 6.11. The first-order valence-electron chi connectivity index (χ1n) is 11.1. The van der Waals surface area contributed by atoms with E-state index in [2.05, 4.69) is 10.2 Å². The van der Waals surface area contributed by atoms with E-state index in [-0.39, 0.29) is 12.4 Å². The van der Waals surface area contributed by atoms with Gasteiger partial charge in [-0.2, -0.15) is 5.26 Å². The Kier molecular flexibility index (Phi) is 7.30. The standard InChI is InChI=1S/C25H26N4O5/c1-2-32-25(31)19-4-6-21(7-5-19)27-24(30)20(14-26)16-29-11-9-28(10-12-29)15-18-3-8-22-23(13-18)34-17-33-22/h3-8,13,16H,2,9-12,15,17H2,1H3,(H,27,30)/b20-16-. The second kappa shape index (κ2) is 10.7. The van der Waals surface area contributed by atoms with E-state index in [9.17, 15) is 14.9 Å². The molecule has 9 nitrogen and oxygen atoms in total. The summed E-state index contributed by atoms with van der Waals surface area (Å²) in [6, 6.07) is 14.3. The molecule has 0 unspecified atom stereocenters. The molecule has 34 heavy (non-hydrogen) atoms. The molecule has 176 valence electrons. The lowest BCUT2D eigenvalue weighted by Crippen LogP contribution is -2.43. The first-order valence-corrected chi connectivity index (χ1v) is 11.1. The lowest BCUT2D eigenvalue weighted by atomic mass is 10.1. The molecule has 0 bridgehead atoms. The van der Waals surface area contributed by atoms with E-state index in [1.807, 2.05) is 29.2 Å². The third-order valence-electron chi connectivity index (χ3n) is 5.58. The fraction of sp³-hybridized carbons (Fsp3) is 0.320. The third kappa shape index (κ3) is 5.66. The molecule has 0 saturated carbocycles. The molecule has 2 aliphatic heterocycles. The van der Waals surface area contributed by atoms with Crippen molar-refractivity contribution in [2.24, 2.45) is 0 Å². The van der Waals surface area contributed by atoms with Crippen LogP contribution in [0.4, 0.5) is 5.69 Å². The van der Waals surface area contributed by atoms with Crippen molar-refractivity contribution < 1.29 is 23.8 Å². The van der Waals surface area contributed by atoms with Gasteiger partial charge in [0.25, 0.3) is 5.91 Å². The number of nitrogens with one attached hydrogen (secondary N) is 1. The zero-order valence-corrected chi connectivity index (χ0v) is 19.0. The third-order valence-corrected chi connectivity index (χ3v) is 5.58. The van der Waals surface area contributed by atoms with Crippen molar-refractivity contribution in [1.29, 1.82) is 5.26 Å². The molecule has 4 rings (SSSR count). The summed E-state index contributed by atoms with van der Waals surface area (Å²) < 4.78 is 15.8. The molecule has 1 amide bonds. The number of hydrogen-bond acceptors (Lipinski definition) is 8. The molecule has 0 aromatic heterocycles. The Labute approximate surface area is 198 Å². The van der Waals surface area contributed by atoms with E-state index < -0.39 is 11.9 Å². The molecular weight excluding hydrogens is 436 g/mol. The molecule has 0 radical (unpaired) electrons. The average molecular weight is 463 g/mol. The first-order chi connectivity index (χ1) is 16.6. The molecule has 0 atom stereocenters. The smallest absolute Gasteiger partial charge is 0.338 e. The van der Waals surface area contributed by atoms with E-state index in [0.29, 0.717) is 30.9 Å². The van der Waals surface area contributed by atoms with E-state index in [0.717, 1.165) is 36.7 Å². The zero-order valence-electron chi connectivity index (χ0n) is 19.0. The number of piperazine rings is 1. The van der Waals surface area contributed by atoms with Gasteiger partial charge >= 0.3 is 5.97 Å². The number of nitriles is 1. The van der Waals surface area contributed by atoms with Crippen LogP contribution in [0, 0.1) is 11.3 Å². The van der Waals surface area contributed by atoms with Gasteiger partial charge in [0.1, 0.15) is 11.6 Å². The molecule has 2 heterocycles. The van der Waals surface area contributed by atoms with Crippen LogP contribution >= 0.6 is 0 Å². The minimum Gasteiger partial charge on any atom is -0.462 e. The highest BCUT2D eigenvalue weighted by Gasteiger charge is 2.19. The second-order valence-electron chi connectivity index (χ2n) is 7.91. The van der Waals surface area contributed by atoms with Crippen LogP contribution < -0.4 is 14.8 Å². The number of ether oxygens (including phenoxy) is 3. The summed E-state index contributed by atoms with van der Waals surface area (Å²) in [7, 11) is 0. The molecule has 2 aromatic rings. The highest BCUT2D eigenvalue weighted by Crippen LogP contribution is 2.32. The summed E-state index contributed by atoms with van der Waals surface area (Å²) >= 11 is 0. The van der Waals surface area contributed by atoms with Gasteiger partial charge < -0.3 is 24.4 Å². The number of hydrogen-bond donors (Lipinski definition) is 1. The predicted molar refractivity (Wildman–Crippen MR) is 124 cm³/mol. The van der Waals surface area contributed by atoms with Crippen LogP contribution in [0.15, 0.2) is 54.2 Å². The summed E-state index contributed by atoms with van der Waals surface area (Å²) in [4.78, 5) is 28.6. The Morgan fingerprint density at radius 1 is 1.09 bits per heavy atom. The number of nitrogens with zero attached hydrogens (tertiary/aromatic N) is 3. The molecule has 9 heteroatoms. The Morgan fingerprint density at radius 2 is 1.82 bits per heavy atom. The predicted octanol–water partition coefficient (Wildman–Crippen LogP) is 2.76. The van der Waals surface area contributed by atoms with Crippen molar-refractivity contribution in [3.8, 4) is 17.6 Å². The van der Waals surface area contributed by atoms with Crippen LogP contribution in [0.1, 0.15) is 22.8 Å². The Hall–Kier alpha value is -4.03. The minimum absolute atomic E-state index is 0.0266. The van der Waals surface area contributed by atoms with Gasteiger partial charge in [0.15, 0.2) is 11.5 Å². The summed E-state index contributed by atoms with van der Waals surface area (Å²) in [6.07, 6.45) is 1.61. The Morgan fingerprint density at radius 3 is 2.53 bits per heavy atom. The fourth-order valence-electron chi connectivity index (χ4n) is 3.77. The van der Waals surface area contributed by atoms with Gasteiger partial charge in [0.2, 0.25) is 6.79 Å². The van der Waals surface area contributed by atoms with Crippen LogP contribution in [0.2, 0.25) is 0 Å². The molecule has 2 aliphatic rings. The van der Waals surface area contributed by atoms with Crippen LogP contribution in [-0.2, 0) is 16.1 Å². The number of rotatable bonds is 7. The molecule has 0 spiro atoms. The molecule has 1 fully saturated rings. The number of fused-ring (bicyclic) bond motifs is 1. The largest absolute Gasteiger partial charge is 0.462 e. The van der Waals surface area contributed by atoms with Crippen molar-refractivity contribution in [3.63, 3.8) is 0 Å². The Bertz CT molecular complexity index is 1120. The van der Waals surface area contributed by atoms with Gasteiger partial charge in [-0.05, 0) is 48.9 Å². The highest BCUT2D eigenvalue weighted by molar-refractivity contribution is 6.06. The van der Waals surface area contributed by atoms with Crippen LogP contribution in [0.3, 0.4) is 0 Å². The molecule has 1 N–H and O–H groups in total. The lowest BCUT2D eigenvalue weighted by Gasteiger charge is -2.34. The molecular formula is C25H26N4O5. The van der Waals surface area contributed by atoms with Crippen molar-refractivity contribution >= 4 is 17.6 Å². The number of amides is 1. The second-order valence-corrected chi connectivity index (χ2v) is 7.91. The molecule has 0 aliphatic carbocycles. The zero-order chi connectivity index (χ0) is 23.9. The number of carbonyl (C=O) groups excluding carboxylic acids is 2. The average Bonchev–Trinajstić information content (AvgIpc) is 3.32. The maximum Gasteiger partial charge on any atom is 0.338 e. The van der Waals surface area contributed by atoms with Crippen LogP contribution in [-0.4, -0.2) is 61.3 Å². The normalized spacial score (nSPS) is 15.5. The molecule has 1 saturated heterocycles. The van der Waals surface area contributed by atoms with E-state index >= 15 is 0 Å². The number of carbonyl (C=O) groups is 2. The number of anilines is 1. The van der Waals surface area contributed by atoms with Gasteiger partial charge in [-0.25, -0.2) is 4.79 Å². The maximum atomic E-state index is 12.6. The van der Waals surface area contributed by atoms with E-state index in [1.54, 1.807) is 37.4 Å². The van der Waals surface area contributed by atoms with Crippen molar-refractivity contribution in [1.82, 2.24) is 9.80 Å². The number of benzene rings is 2. The maximum absolute atomic E-state index is 12.6.